The molecule has 1 aliphatic heterocycles. The van der Waals surface area contributed by atoms with Crippen LogP contribution in [-0.2, 0) is 23.9 Å². The summed E-state index contributed by atoms with van der Waals surface area (Å²) in [6.45, 7) is 8.75. The molecule has 0 spiro atoms. The van der Waals surface area contributed by atoms with Gasteiger partial charge < -0.3 is 20.1 Å². The van der Waals surface area contributed by atoms with Gasteiger partial charge in [0.2, 0.25) is 0 Å². The predicted octanol–water partition coefficient (Wildman–Crippen LogP) is 2.37. The van der Waals surface area contributed by atoms with Crippen molar-refractivity contribution in [3.8, 4) is 0 Å². The van der Waals surface area contributed by atoms with Crippen molar-refractivity contribution >= 4 is 23.3 Å². The third-order valence-corrected chi connectivity index (χ3v) is 11.1. The number of esters is 1. The van der Waals surface area contributed by atoms with Crippen molar-refractivity contribution in [2.45, 2.75) is 103 Å². The van der Waals surface area contributed by atoms with Crippen LogP contribution < -0.4 is 0 Å². The Labute approximate surface area is 217 Å². The molecule has 0 radical (unpaired) electrons. The van der Waals surface area contributed by atoms with Gasteiger partial charge >= 0.3 is 5.97 Å². The first-order chi connectivity index (χ1) is 17.1. The predicted molar refractivity (Wildman–Crippen MR) is 132 cm³/mol. The second-order valence-corrected chi connectivity index (χ2v) is 12.7. The van der Waals surface area contributed by atoms with E-state index < -0.39 is 58.0 Å². The number of ether oxygens (including phenoxy) is 1. The van der Waals surface area contributed by atoms with Crippen LogP contribution in [0.5, 0.6) is 0 Å². The highest BCUT2D eigenvalue weighted by Gasteiger charge is 2.72. The molecule has 0 aromatic rings. The summed E-state index contributed by atoms with van der Waals surface area (Å²) in [5.41, 5.74) is -3.59. The molecule has 9 atom stereocenters. The summed E-state index contributed by atoms with van der Waals surface area (Å²) in [6, 6.07) is 0. The summed E-state index contributed by atoms with van der Waals surface area (Å²) in [7, 11) is 0. The Morgan fingerprint density at radius 3 is 2.43 bits per heavy atom. The summed E-state index contributed by atoms with van der Waals surface area (Å²) in [6.07, 6.45) is 0.887. The highest BCUT2D eigenvalue weighted by atomic mass is 16.6. The number of cyclic esters (lactones) is 1. The van der Waals surface area contributed by atoms with E-state index in [4.69, 9.17) is 4.74 Å². The zero-order chi connectivity index (χ0) is 27.3. The van der Waals surface area contributed by atoms with E-state index in [0.717, 1.165) is 5.57 Å². The maximum absolute atomic E-state index is 14.0. The summed E-state index contributed by atoms with van der Waals surface area (Å²) in [4.78, 5) is 52.2. The summed E-state index contributed by atoms with van der Waals surface area (Å²) in [5, 5.41) is 34.6. The number of carbonyl (C=O) groups excluding carboxylic acids is 4. The van der Waals surface area contributed by atoms with Crippen molar-refractivity contribution < 1.29 is 39.2 Å². The van der Waals surface area contributed by atoms with Crippen molar-refractivity contribution in [3.05, 3.63) is 22.8 Å². The molecule has 8 heteroatoms. The van der Waals surface area contributed by atoms with Gasteiger partial charge in [-0.25, -0.2) is 4.79 Å². The number of ketones is 3. The number of allylic oxidation sites excluding steroid dienone is 1. The van der Waals surface area contributed by atoms with Gasteiger partial charge in [0.15, 0.2) is 11.6 Å². The van der Waals surface area contributed by atoms with E-state index in [1.54, 1.807) is 20.8 Å². The van der Waals surface area contributed by atoms with Crippen LogP contribution in [0.15, 0.2) is 22.8 Å². The third-order valence-electron chi connectivity index (χ3n) is 11.1. The zero-order valence-corrected chi connectivity index (χ0v) is 22.3. The Morgan fingerprint density at radius 2 is 1.78 bits per heavy atom. The molecule has 3 fully saturated rings. The molecule has 3 saturated carbocycles. The number of Topliss-reactive ketones (excluding diaryl/α,β-unsaturated/α-hetero) is 2. The van der Waals surface area contributed by atoms with Crippen molar-refractivity contribution in [3.63, 3.8) is 0 Å². The van der Waals surface area contributed by atoms with Crippen LogP contribution in [0, 0.1) is 28.6 Å². The molecular weight excluding hydrogens is 476 g/mol. The van der Waals surface area contributed by atoms with Crippen molar-refractivity contribution in [1.29, 1.82) is 0 Å². The molecule has 202 valence electrons. The standard InChI is InChI=1S/C29H38O8/c1-6-15-9-24(37-25(34)14(15)2)28(5,35)22-7-8-29(36)17-10-19(30)18-11-20(31)21(32)13-26(18,3)16(17)12-23(33)27(22,29)4/h10,16,18,21-22,24,32,35-36H,6-9,11-13H2,1-5H3. The Kier molecular flexibility index (Phi) is 5.84. The van der Waals surface area contributed by atoms with Gasteiger partial charge in [-0.2, -0.15) is 0 Å². The number of aliphatic hydroxyl groups excluding tert-OH is 1. The Morgan fingerprint density at radius 1 is 1.11 bits per heavy atom. The molecule has 5 rings (SSSR count). The van der Waals surface area contributed by atoms with Crippen LogP contribution in [0.1, 0.15) is 79.6 Å². The topological polar surface area (TPSA) is 138 Å². The zero-order valence-electron chi connectivity index (χ0n) is 22.3. The minimum absolute atomic E-state index is 0.0437. The molecule has 0 saturated heterocycles. The number of hydrogen-bond acceptors (Lipinski definition) is 8. The average Bonchev–Trinajstić information content (AvgIpc) is 3.12. The highest BCUT2D eigenvalue weighted by molar-refractivity contribution is 6.01. The maximum atomic E-state index is 14.0. The first-order valence-electron chi connectivity index (χ1n) is 13.5. The Bertz CT molecular complexity index is 1160. The number of fused-ring (bicyclic) bond motifs is 5. The minimum Gasteiger partial charge on any atom is -0.456 e. The molecule has 0 aromatic carbocycles. The lowest BCUT2D eigenvalue weighted by molar-refractivity contribution is -0.191. The fourth-order valence-electron chi connectivity index (χ4n) is 8.59. The smallest absolute Gasteiger partial charge is 0.334 e. The SMILES string of the molecule is CCC1=C(C)C(=O)OC(C(C)(O)C2CCC3(O)C4=CC(=O)C5CC(=O)C(O)CC5(C)C4CC(=O)C23C)C1. The van der Waals surface area contributed by atoms with Crippen LogP contribution in [0.25, 0.3) is 0 Å². The minimum atomic E-state index is -1.67. The number of carbonyl (C=O) groups is 4. The molecular formula is C29H38O8. The average molecular weight is 515 g/mol. The summed E-state index contributed by atoms with van der Waals surface area (Å²) >= 11 is 0. The number of rotatable bonds is 3. The van der Waals surface area contributed by atoms with Crippen LogP contribution in [0.4, 0.5) is 0 Å². The van der Waals surface area contributed by atoms with Gasteiger partial charge in [-0.1, -0.05) is 19.4 Å². The fourth-order valence-corrected chi connectivity index (χ4v) is 8.59. The van der Waals surface area contributed by atoms with Gasteiger partial charge in [0, 0.05) is 36.7 Å². The molecule has 0 amide bonds. The normalized spacial score (nSPS) is 45.5. The quantitative estimate of drug-likeness (QED) is 0.488. The molecule has 0 aromatic heterocycles. The summed E-state index contributed by atoms with van der Waals surface area (Å²) in [5.74, 6) is -3.17. The second-order valence-electron chi connectivity index (χ2n) is 12.7. The van der Waals surface area contributed by atoms with Crippen LogP contribution in [0.3, 0.4) is 0 Å². The Hall–Kier alpha value is -2.16. The van der Waals surface area contributed by atoms with E-state index in [1.807, 2.05) is 13.8 Å². The maximum Gasteiger partial charge on any atom is 0.334 e. The van der Waals surface area contributed by atoms with Crippen LogP contribution >= 0.6 is 0 Å². The van der Waals surface area contributed by atoms with E-state index in [2.05, 4.69) is 0 Å². The first kappa shape index (κ1) is 26.4. The first-order valence-corrected chi connectivity index (χ1v) is 13.5. The second kappa shape index (κ2) is 8.17. The molecule has 8 nitrogen and oxygen atoms in total. The van der Waals surface area contributed by atoms with E-state index in [0.29, 0.717) is 30.4 Å². The van der Waals surface area contributed by atoms with Gasteiger partial charge in [0.1, 0.15) is 23.6 Å². The lowest BCUT2D eigenvalue weighted by Gasteiger charge is -2.59. The van der Waals surface area contributed by atoms with Crippen LogP contribution in [-0.4, -0.2) is 62.0 Å². The van der Waals surface area contributed by atoms with Crippen molar-refractivity contribution in [1.82, 2.24) is 0 Å². The van der Waals surface area contributed by atoms with Gasteiger partial charge in [-0.05, 0) is 69.4 Å². The van der Waals surface area contributed by atoms with E-state index in [1.165, 1.54) is 6.08 Å². The lowest BCUT2D eigenvalue weighted by Crippen LogP contribution is -2.66. The highest BCUT2D eigenvalue weighted by Crippen LogP contribution is 2.67. The third kappa shape index (κ3) is 3.31. The van der Waals surface area contributed by atoms with Gasteiger partial charge in [0.05, 0.1) is 11.0 Å². The number of hydrogen-bond donors (Lipinski definition) is 3. The van der Waals surface area contributed by atoms with Gasteiger partial charge in [-0.3, -0.25) is 14.4 Å². The van der Waals surface area contributed by atoms with E-state index in [-0.39, 0.29) is 43.0 Å². The fraction of sp³-hybridized carbons (Fsp3) is 0.724. The van der Waals surface area contributed by atoms with Gasteiger partial charge in [-0.15, -0.1) is 0 Å². The molecule has 37 heavy (non-hydrogen) atoms. The molecule has 3 N–H and O–H groups in total. The summed E-state index contributed by atoms with van der Waals surface area (Å²) < 4.78 is 5.66. The molecule has 5 aliphatic rings. The van der Waals surface area contributed by atoms with Gasteiger partial charge in [0.25, 0.3) is 0 Å². The van der Waals surface area contributed by atoms with Crippen molar-refractivity contribution in [2.75, 3.05) is 0 Å². The van der Waals surface area contributed by atoms with E-state index >= 15 is 0 Å². The largest absolute Gasteiger partial charge is 0.456 e. The molecule has 9 unspecified atom stereocenters. The molecule has 0 bridgehead atoms. The van der Waals surface area contributed by atoms with Crippen LogP contribution in [0.2, 0.25) is 0 Å². The monoisotopic (exact) mass is 514 g/mol. The van der Waals surface area contributed by atoms with E-state index in [9.17, 15) is 34.5 Å². The lowest BCUT2D eigenvalue weighted by atomic mass is 9.45. The molecule has 1 heterocycles. The Balaban J connectivity index is 1.55. The molecule has 4 aliphatic carbocycles. The van der Waals surface area contributed by atoms with Crippen molar-refractivity contribution in [2.24, 2.45) is 28.6 Å². The number of aliphatic hydroxyl groups is 3.